The fourth-order valence-electron chi connectivity index (χ4n) is 2.07. The van der Waals surface area contributed by atoms with E-state index in [4.69, 9.17) is 11.6 Å². The van der Waals surface area contributed by atoms with Crippen LogP contribution in [0.25, 0.3) is 10.8 Å². The first kappa shape index (κ1) is 15.3. The van der Waals surface area contributed by atoms with Gasteiger partial charge in [-0.3, -0.25) is 0 Å². The molecular formula is C15H18ClNO2S. The number of nitrogens with zero attached hydrogens (tertiary/aromatic N) is 1. The highest BCUT2D eigenvalue weighted by Crippen LogP contribution is 2.25. The lowest BCUT2D eigenvalue weighted by Gasteiger charge is -2.19. The molecule has 108 valence electrons. The minimum atomic E-state index is -3.49. The Labute approximate surface area is 125 Å². The van der Waals surface area contributed by atoms with Gasteiger partial charge < -0.3 is 0 Å². The lowest BCUT2D eigenvalue weighted by molar-refractivity contribution is 0.461. The van der Waals surface area contributed by atoms with Crippen molar-refractivity contribution in [3.8, 4) is 0 Å². The van der Waals surface area contributed by atoms with Gasteiger partial charge in [-0.15, -0.1) is 11.6 Å². The van der Waals surface area contributed by atoms with Crippen LogP contribution in [0.5, 0.6) is 0 Å². The van der Waals surface area contributed by atoms with Crippen LogP contribution >= 0.6 is 11.6 Å². The molecule has 0 radical (unpaired) electrons. The van der Waals surface area contributed by atoms with Crippen LogP contribution in [-0.4, -0.2) is 31.7 Å². The van der Waals surface area contributed by atoms with Crippen LogP contribution < -0.4 is 0 Å². The van der Waals surface area contributed by atoms with Gasteiger partial charge in [0.2, 0.25) is 10.0 Å². The molecule has 0 aliphatic carbocycles. The predicted molar refractivity (Wildman–Crippen MR) is 83.7 cm³/mol. The van der Waals surface area contributed by atoms with E-state index in [9.17, 15) is 8.42 Å². The number of sulfonamides is 1. The summed E-state index contributed by atoms with van der Waals surface area (Å²) >= 11 is 5.89. The summed E-state index contributed by atoms with van der Waals surface area (Å²) in [7, 11) is -1.89. The molecule has 0 aromatic heterocycles. The number of benzene rings is 2. The Kier molecular flexibility index (Phi) is 4.68. The van der Waals surface area contributed by atoms with Gasteiger partial charge in [-0.25, -0.2) is 12.7 Å². The average molecular weight is 312 g/mol. The Morgan fingerprint density at radius 3 is 2.50 bits per heavy atom. The molecule has 0 fully saturated rings. The Morgan fingerprint density at radius 2 is 1.80 bits per heavy atom. The molecule has 0 N–H and O–H groups in total. The number of hydrogen-bond acceptors (Lipinski definition) is 2. The van der Waals surface area contributed by atoms with Gasteiger partial charge in [0.15, 0.2) is 0 Å². The van der Waals surface area contributed by atoms with Crippen LogP contribution in [0, 0.1) is 0 Å². The maximum Gasteiger partial charge on any atom is 0.243 e. The molecule has 5 heteroatoms. The smallest absolute Gasteiger partial charge is 0.207 e. The largest absolute Gasteiger partial charge is 0.243 e. The molecule has 0 aliphatic heterocycles. The third-order valence-corrected chi connectivity index (χ3v) is 5.41. The molecule has 0 spiro atoms. The minimum absolute atomic E-state index is 0.0415. The lowest BCUT2D eigenvalue weighted by atomic mass is 10.1. The second-order valence-electron chi connectivity index (χ2n) is 4.87. The van der Waals surface area contributed by atoms with E-state index in [2.05, 4.69) is 0 Å². The van der Waals surface area contributed by atoms with E-state index in [-0.39, 0.29) is 5.38 Å². The second kappa shape index (κ2) is 6.12. The fraction of sp³-hybridized carbons (Fsp3) is 0.333. The van der Waals surface area contributed by atoms with E-state index < -0.39 is 10.0 Å². The van der Waals surface area contributed by atoms with Crippen molar-refractivity contribution < 1.29 is 8.42 Å². The van der Waals surface area contributed by atoms with E-state index in [1.165, 1.54) is 4.31 Å². The molecular weight excluding hydrogens is 294 g/mol. The summed E-state index contributed by atoms with van der Waals surface area (Å²) < 4.78 is 26.7. The van der Waals surface area contributed by atoms with E-state index in [1.54, 1.807) is 19.2 Å². The van der Waals surface area contributed by atoms with E-state index in [0.29, 0.717) is 17.9 Å². The number of rotatable bonds is 5. The average Bonchev–Trinajstić information content (AvgIpc) is 2.43. The van der Waals surface area contributed by atoms with Crippen molar-refractivity contribution in [2.75, 3.05) is 13.6 Å². The van der Waals surface area contributed by atoms with E-state index >= 15 is 0 Å². The molecule has 2 aromatic rings. The van der Waals surface area contributed by atoms with Gasteiger partial charge >= 0.3 is 0 Å². The molecule has 0 saturated heterocycles. The van der Waals surface area contributed by atoms with Crippen LogP contribution in [-0.2, 0) is 10.0 Å². The number of halogens is 1. The van der Waals surface area contributed by atoms with Crippen LogP contribution in [0.1, 0.15) is 13.3 Å². The normalized spacial score (nSPS) is 13.8. The summed E-state index contributed by atoms with van der Waals surface area (Å²) in [5.41, 5.74) is 0. The quantitative estimate of drug-likeness (QED) is 0.793. The molecule has 3 nitrogen and oxygen atoms in total. The summed E-state index contributed by atoms with van der Waals surface area (Å²) in [6, 6.07) is 12.8. The van der Waals surface area contributed by atoms with Crippen molar-refractivity contribution in [3.05, 3.63) is 42.5 Å². The van der Waals surface area contributed by atoms with E-state index in [1.807, 2.05) is 37.3 Å². The zero-order chi connectivity index (χ0) is 14.8. The molecule has 0 aliphatic rings. The zero-order valence-electron chi connectivity index (χ0n) is 11.6. The molecule has 0 amide bonds. The maximum absolute atomic E-state index is 12.6. The first-order valence-electron chi connectivity index (χ1n) is 6.51. The topological polar surface area (TPSA) is 37.4 Å². The van der Waals surface area contributed by atoms with Gasteiger partial charge in [0, 0.05) is 24.4 Å². The highest BCUT2D eigenvalue weighted by atomic mass is 35.5. The molecule has 2 rings (SSSR count). The van der Waals surface area contributed by atoms with Crippen LogP contribution in [0.2, 0.25) is 0 Å². The molecule has 2 aromatic carbocycles. The number of alkyl halides is 1. The zero-order valence-corrected chi connectivity index (χ0v) is 13.2. The Balaban J connectivity index is 2.41. The highest BCUT2D eigenvalue weighted by Gasteiger charge is 2.22. The van der Waals surface area contributed by atoms with Crippen molar-refractivity contribution in [1.82, 2.24) is 4.31 Å². The molecule has 1 atom stereocenters. The van der Waals surface area contributed by atoms with E-state index in [0.717, 1.165) is 10.8 Å². The van der Waals surface area contributed by atoms with Crippen molar-refractivity contribution in [3.63, 3.8) is 0 Å². The molecule has 20 heavy (non-hydrogen) atoms. The SMILES string of the molecule is CC(Cl)CCN(C)S(=O)(=O)c1cccc2ccccc12. The van der Waals surface area contributed by atoms with Gasteiger partial charge in [0.05, 0.1) is 4.90 Å². The van der Waals surface area contributed by atoms with Gasteiger partial charge in [-0.2, -0.15) is 0 Å². The van der Waals surface area contributed by atoms with Crippen LogP contribution in [0.15, 0.2) is 47.4 Å². The van der Waals surface area contributed by atoms with Crippen molar-refractivity contribution in [2.24, 2.45) is 0 Å². The van der Waals surface area contributed by atoms with Gasteiger partial charge in [-0.1, -0.05) is 36.4 Å². The van der Waals surface area contributed by atoms with Crippen LogP contribution in [0.3, 0.4) is 0 Å². The second-order valence-corrected chi connectivity index (χ2v) is 7.63. The standard InChI is InChI=1S/C15H18ClNO2S/c1-12(16)10-11-17(2)20(18,19)15-9-5-7-13-6-3-4-8-14(13)15/h3-9,12H,10-11H2,1-2H3. The van der Waals surface area contributed by atoms with Gasteiger partial charge in [-0.05, 0) is 24.8 Å². The summed E-state index contributed by atoms with van der Waals surface area (Å²) in [6.07, 6.45) is 0.627. The third-order valence-electron chi connectivity index (χ3n) is 3.28. The fourth-order valence-corrected chi connectivity index (χ4v) is 3.56. The highest BCUT2D eigenvalue weighted by molar-refractivity contribution is 7.89. The van der Waals surface area contributed by atoms with Crippen LogP contribution in [0.4, 0.5) is 0 Å². The van der Waals surface area contributed by atoms with Crippen molar-refractivity contribution >= 4 is 32.4 Å². The summed E-state index contributed by atoms with van der Waals surface area (Å²) in [5.74, 6) is 0. The first-order valence-corrected chi connectivity index (χ1v) is 8.39. The van der Waals surface area contributed by atoms with Crippen molar-refractivity contribution in [1.29, 1.82) is 0 Å². The molecule has 0 bridgehead atoms. The van der Waals surface area contributed by atoms with Gasteiger partial charge in [0.25, 0.3) is 0 Å². The number of hydrogen-bond donors (Lipinski definition) is 0. The van der Waals surface area contributed by atoms with Crippen molar-refractivity contribution in [2.45, 2.75) is 23.6 Å². The number of fused-ring (bicyclic) bond motifs is 1. The first-order chi connectivity index (χ1) is 9.43. The minimum Gasteiger partial charge on any atom is -0.207 e. The Bertz CT molecular complexity index is 693. The monoisotopic (exact) mass is 311 g/mol. The summed E-state index contributed by atoms with van der Waals surface area (Å²) in [5, 5.41) is 1.63. The molecule has 0 heterocycles. The Morgan fingerprint density at radius 1 is 1.15 bits per heavy atom. The lowest BCUT2D eigenvalue weighted by Crippen LogP contribution is -2.29. The Hall–Kier alpha value is -1.10. The summed E-state index contributed by atoms with van der Waals surface area (Å²) in [6.45, 7) is 2.27. The predicted octanol–water partition coefficient (Wildman–Crippen LogP) is 3.48. The summed E-state index contributed by atoms with van der Waals surface area (Å²) in [4.78, 5) is 0.348. The molecule has 0 saturated carbocycles. The van der Waals surface area contributed by atoms with Gasteiger partial charge in [0.1, 0.15) is 0 Å². The maximum atomic E-state index is 12.6. The molecule has 1 unspecified atom stereocenters. The third kappa shape index (κ3) is 3.14.